The van der Waals surface area contributed by atoms with Crippen LogP contribution in [-0.4, -0.2) is 49.1 Å². The quantitative estimate of drug-likeness (QED) is 0.711. The fourth-order valence-corrected chi connectivity index (χ4v) is 3.59. The standard InChI is InChI=1S/C14H28N2/c1-12(2)16-9-7-14(8-10-16)6-5-13(11-14)15(3)4/h12-13H,5-11H2,1-4H3. The van der Waals surface area contributed by atoms with Crippen molar-refractivity contribution < 1.29 is 0 Å². The fourth-order valence-electron chi connectivity index (χ4n) is 3.59. The number of rotatable bonds is 2. The van der Waals surface area contributed by atoms with Crippen LogP contribution in [0.15, 0.2) is 0 Å². The van der Waals surface area contributed by atoms with Gasteiger partial charge in [0.15, 0.2) is 0 Å². The van der Waals surface area contributed by atoms with E-state index >= 15 is 0 Å². The van der Waals surface area contributed by atoms with Gasteiger partial charge >= 0.3 is 0 Å². The lowest BCUT2D eigenvalue weighted by Gasteiger charge is -2.41. The minimum absolute atomic E-state index is 0.709. The van der Waals surface area contributed by atoms with Crippen LogP contribution in [0.25, 0.3) is 0 Å². The molecule has 2 aliphatic rings. The summed E-state index contributed by atoms with van der Waals surface area (Å²) in [5, 5.41) is 0. The molecule has 2 heteroatoms. The Balaban J connectivity index is 1.89. The summed E-state index contributed by atoms with van der Waals surface area (Å²) in [6, 6.07) is 1.59. The van der Waals surface area contributed by atoms with E-state index in [2.05, 4.69) is 37.7 Å². The van der Waals surface area contributed by atoms with Crippen LogP contribution in [0.2, 0.25) is 0 Å². The molecular formula is C14H28N2. The third kappa shape index (κ3) is 2.43. The Labute approximate surface area is 101 Å². The van der Waals surface area contributed by atoms with Gasteiger partial charge < -0.3 is 9.80 Å². The molecule has 0 aromatic rings. The van der Waals surface area contributed by atoms with E-state index in [4.69, 9.17) is 0 Å². The van der Waals surface area contributed by atoms with Crippen LogP contribution in [0.1, 0.15) is 46.0 Å². The van der Waals surface area contributed by atoms with E-state index < -0.39 is 0 Å². The fraction of sp³-hybridized carbons (Fsp3) is 1.00. The van der Waals surface area contributed by atoms with Crippen LogP contribution < -0.4 is 0 Å². The molecule has 1 heterocycles. The van der Waals surface area contributed by atoms with Crippen molar-refractivity contribution in [2.45, 2.75) is 58.0 Å². The Hall–Kier alpha value is -0.0800. The molecule has 0 amide bonds. The molecule has 16 heavy (non-hydrogen) atoms. The van der Waals surface area contributed by atoms with Gasteiger partial charge in [0, 0.05) is 12.1 Å². The normalized spacial score (nSPS) is 30.8. The maximum Gasteiger partial charge on any atom is 0.00946 e. The summed E-state index contributed by atoms with van der Waals surface area (Å²) >= 11 is 0. The average Bonchev–Trinajstić information content (AvgIpc) is 2.63. The molecule has 1 unspecified atom stereocenters. The predicted molar refractivity (Wildman–Crippen MR) is 69.7 cm³/mol. The van der Waals surface area contributed by atoms with E-state index in [1.165, 1.54) is 45.2 Å². The summed E-state index contributed by atoms with van der Waals surface area (Å²) < 4.78 is 0. The van der Waals surface area contributed by atoms with Crippen molar-refractivity contribution in [3.63, 3.8) is 0 Å². The highest BCUT2D eigenvalue weighted by atomic mass is 15.2. The molecule has 0 aromatic carbocycles. The van der Waals surface area contributed by atoms with Gasteiger partial charge in [-0.2, -0.15) is 0 Å². The van der Waals surface area contributed by atoms with Gasteiger partial charge in [-0.3, -0.25) is 0 Å². The Morgan fingerprint density at radius 2 is 1.75 bits per heavy atom. The highest BCUT2D eigenvalue weighted by molar-refractivity contribution is 4.95. The third-order valence-corrected chi connectivity index (χ3v) is 5.00. The van der Waals surface area contributed by atoms with Crippen LogP contribution in [0.3, 0.4) is 0 Å². The highest BCUT2D eigenvalue weighted by Crippen LogP contribution is 2.47. The summed E-state index contributed by atoms with van der Waals surface area (Å²) in [7, 11) is 4.49. The van der Waals surface area contributed by atoms with E-state index in [1.807, 2.05) is 0 Å². The lowest BCUT2D eigenvalue weighted by atomic mass is 9.76. The van der Waals surface area contributed by atoms with Crippen molar-refractivity contribution >= 4 is 0 Å². The Kier molecular flexibility index (Phi) is 3.60. The van der Waals surface area contributed by atoms with Crippen molar-refractivity contribution in [1.82, 2.24) is 9.80 Å². The second-order valence-electron chi connectivity index (χ2n) is 6.49. The monoisotopic (exact) mass is 224 g/mol. The van der Waals surface area contributed by atoms with Crippen LogP contribution in [0, 0.1) is 5.41 Å². The van der Waals surface area contributed by atoms with Crippen molar-refractivity contribution in [3.8, 4) is 0 Å². The first-order valence-electron chi connectivity index (χ1n) is 6.93. The van der Waals surface area contributed by atoms with Crippen LogP contribution in [0.4, 0.5) is 0 Å². The average molecular weight is 224 g/mol. The van der Waals surface area contributed by atoms with E-state index in [0.717, 1.165) is 12.1 Å². The molecule has 0 radical (unpaired) electrons. The van der Waals surface area contributed by atoms with Gasteiger partial charge in [0.05, 0.1) is 0 Å². The summed E-state index contributed by atoms with van der Waals surface area (Å²) in [6.45, 7) is 7.32. The van der Waals surface area contributed by atoms with Crippen molar-refractivity contribution in [1.29, 1.82) is 0 Å². The maximum absolute atomic E-state index is 2.65. The SMILES string of the molecule is CC(C)N1CCC2(CCC(N(C)C)C2)CC1. The minimum atomic E-state index is 0.709. The van der Waals surface area contributed by atoms with Crippen molar-refractivity contribution in [2.24, 2.45) is 5.41 Å². The molecule has 1 spiro atoms. The molecule has 1 saturated carbocycles. The molecular weight excluding hydrogens is 196 g/mol. The Morgan fingerprint density at radius 1 is 1.12 bits per heavy atom. The van der Waals surface area contributed by atoms with Gasteiger partial charge in [0.2, 0.25) is 0 Å². The first-order valence-corrected chi connectivity index (χ1v) is 6.93. The zero-order chi connectivity index (χ0) is 11.8. The molecule has 0 N–H and O–H groups in total. The Morgan fingerprint density at radius 3 is 2.19 bits per heavy atom. The van der Waals surface area contributed by atoms with E-state index in [0.29, 0.717) is 5.41 Å². The molecule has 1 atom stereocenters. The minimum Gasteiger partial charge on any atom is -0.306 e. The van der Waals surface area contributed by atoms with Crippen LogP contribution >= 0.6 is 0 Å². The molecule has 2 nitrogen and oxygen atoms in total. The zero-order valence-electron chi connectivity index (χ0n) is 11.5. The van der Waals surface area contributed by atoms with Gasteiger partial charge in [0.25, 0.3) is 0 Å². The third-order valence-electron chi connectivity index (χ3n) is 5.00. The van der Waals surface area contributed by atoms with E-state index in [1.54, 1.807) is 0 Å². The highest BCUT2D eigenvalue weighted by Gasteiger charge is 2.41. The maximum atomic E-state index is 2.65. The molecule has 1 aliphatic heterocycles. The second-order valence-corrected chi connectivity index (χ2v) is 6.49. The molecule has 1 saturated heterocycles. The summed E-state index contributed by atoms with van der Waals surface area (Å²) in [6.07, 6.45) is 7.23. The Bertz CT molecular complexity index is 227. The number of hydrogen-bond donors (Lipinski definition) is 0. The first kappa shape index (κ1) is 12.4. The smallest absolute Gasteiger partial charge is 0.00946 e. The first-order chi connectivity index (χ1) is 7.52. The molecule has 0 bridgehead atoms. The predicted octanol–water partition coefficient (Wildman–Crippen LogP) is 2.59. The topological polar surface area (TPSA) is 6.48 Å². The largest absolute Gasteiger partial charge is 0.306 e. The number of hydrogen-bond acceptors (Lipinski definition) is 2. The van der Waals surface area contributed by atoms with E-state index in [9.17, 15) is 0 Å². The number of nitrogens with zero attached hydrogens (tertiary/aromatic N) is 2. The van der Waals surface area contributed by atoms with Gasteiger partial charge in [-0.25, -0.2) is 0 Å². The molecule has 0 aromatic heterocycles. The summed E-state index contributed by atoms with van der Waals surface area (Å²) in [4.78, 5) is 5.08. The molecule has 94 valence electrons. The number of piperidine rings is 1. The summed E-state index contributed by atoms with van der Waals surface area (Å²) in [5.41, 5.74) is 0.709. The van der Waals surface area contributed by atoms with Gasteiger partial charge in [0.1, 0.15) is 0 Å². The zero-order valence-corrected chi connectivity index (χ0v) is 11.5. The molecule has 1 aliphatic carbocycles. The van der Waals surface area contributed by atoms with Crippen LogP contribution in [-0.2, 0) is 0 Å². The lowest BCUT2D eigenvalue weighted by Crippen LogP contribution is -2.43. The van der Waals surface area contributed by atoms with Gasteiger partial charge in [-0.1, -0.05) is 0 Å². The number of likely N-dealkylation sites (tertiary alicyclic amines) is 1. The van der Waals surface area contributed by atoms with Gasteiger partial charge in [-0.15, -0.1) is 0 Å². The van der Waals surface area contributed by atoms with Crippen molar-refractivity contribution in [3.05, 3.63) is 0 Å². The summed E-state index contributed by atoms with van der Waals surface area (Å²) in [5.74, 6) is 0. The van der Waals surface area contributed by atoms with E-state index in [-0.39, 0.29) is 0 Å². The molecule has 2 rings (SSSR count). The second kappa shape index (κ2) is 4.66. The van der Waals surface area contributed by atoms with Crippen molar-refractivity contribution in [2.75, 3.05) is 27.2 Å². The van der Waals surface area contributed by atoms with Gasteiger partial charge in [-0.05, 0) is 78.6 Å². The van der Waals surface area contributed by atoms with Crippen LogP contribution in [0.5, 0.6) is 0 Å². The lowest BCUT2D eigenvalue weighted by molar-refractivity contribution is 0.0816. The molecule has 2 fully saturated rings.